The Morgan fingerprint density at radius 3 is 1.74 bits per heavy atom. The molecular weight excluding hydrogens is 360 g/mol. The summed E-state index contributed by atoms with van der Waals surface area (Å²) in [5.41, 5.74) is -2.67. The summed E-state index contributed by atoms with van der Waals surface area (Å²) in [6, 6.07) is 0. The molecule has 1 unspecified atom stereocenters. The van der Waals surface area contributed by atoms with Crippen LogP contribution < -0.4 is 0 Å². The zero-order chi connectivity index (χ0) is 20.5. The Hall–Kier alpha value is -3.30. The van der Waals surface area contributed by atoms with Crippen molar-refractivity contribution in [1.29, 1.82) is 0 Å². The highest BCUT2D eigenvalue weighted by Gasteiger charge is 2.55. The van der Waals surface area contributed by atoms with Crippen molar-refractivity contribution < 1.29 is 38.1 Å². The third-order valence-corrected chi connectivity index (χ3v) is 4.59. The molecule has 27 heavy (non-hydrogen) atoms. The smallest absolute Gasteiger partial charge is 0.355 e. The molecule has 0 amide bonds. The van der Waals surface area contributed by atoms with Crippen LogP contribution in [-0.4, -0.2) is 74.8 Å². The van der Waals surface area contributed by atoms with Crippen molar-refractivity contribution in [2.75, 3.05) is 35.5 Å². The number of methoxy groups -OCH3 is 4. The molecule has 0 aliphatic carbocycles. The molecule has 0 N–H and O–H groups in total. The Morgan fingerprint density at radius 2 is 1.26 bits per heavy atom. The van der Waals surface area contributed by atoms with E-state index in [0.29, 0.717) is 0 Å². The third-order valence-electron chi connectivity index (χ3n) is 4.59. The molecule has 0 aromatic carbocycles. The van der Waals surface area contributed by atoms with E-state index in [2.05, 4.69) is 0 Å². The average Bonchev–Trinajstić information content (AvgIpc) is 2.98. The van der Waals surface area contributed by atoms with E-state index in [1.165, 1.54) is 11.1 Å². The summed E-state index contributed by atoms with van der Waals surface area (Å²) in [4.78, 5) is 53.2. The number of hydrogen-bond acceptors (Lipinski definition) is 10. The number of carbonyl (C=O) groups excluding carboxylic acids is 4. The van der Waals surface area contributed by atoms with Gasteiger partial charge in [-0.1, -0.05) is 0 Å². The Kier molecular flexibility index (Phi) is 5.29. The van der Waals surface area contributed by atoms with Gasteiger partial charge in [-0.2, -0.15) is 0 Å². The molecular formula is C17H20N2O8. The lowest BCUT2D eigenvalue weighted by Crippen LogP contribution is -2.57. The van der Waals surface area contributed by atoms with Gasteiger partial charge >= 0.3 is 23.9 Å². The first-order chi connectivity index (χ1) is 12.7. The summed E-state index contributed by atoms with van der Waals surface area (Å²) in [6.07, 6.45) is 3.05. The highest BCUT2D eigenvalue weighted by molar-refractivity contribution is 6.17. The van der Waals surface area contributed by atoms with Crippen molar-refractivity contribution in [1.82, 2.24) is 9.80 Å². The quantitative estimate of drug-likeness (QED) is 0.475. The van der Waals surface area contributed by atoms with E-state index in [4.69, 9.17) is 18.9 Å². The van der Waals surface area contributed by atoms with Crippen molar-refractivity contribution in [3.05, 3.63) is 34.8 Å². The van der Waals surface area contributed by atoms with E-state index in [-0.39, 0.29) is 11.3 Å². The minimum atomic E-state index is -1.35. The lowest BCUT2D eigenvalue weighted by molar-refractivity contribution is -0.145. The molecule has 0 bridgehead atoms. The summed E-state index contributed by atoms with van der Waals surface area (Å²) >= 11 is 0. The van der Waals surface area contributed by atoms with E-state index in [0.717, 1.165) is 28.4 Å². The number of rotatable bonds is 4. The molecule has 2 aliphatic rings. The van der Waals surface area contributed by atoms with Crippen LogP contribution in [0.3, 0.4) is 0 Å². The number of ether oxygens (including phenoxy) is 4. The molecule has 0 aromatic heterocycles. The zero-order valence-corrected chi connectivity index (χ0v) is 15.8. The fraction of sp³-hybridized carbons (Fsp3) is 0.412. The number of hydrogen-bond donors (Lipinski definition) is 0. The van der Waals surface area contributed by atoms with E-state index < -0.39 is 40.7 Å². The van der Waals surface area contributed by atoms with Gasteiger partial charge in [0.05, 0.1) is 39.6 Å². The van der Waals surface area contributed by atoms with Gasteiger partial charge in [-0.15, -0.1) is 0 Å². The van der Waals surface area contributed by atoms with E-state index >= 15 is 0 Å². The highest BCUT2D eigenvalue weighted by Crippen LogP contribution is 2.45. The lowest BCUT2D eigenvalue weighted by atomic mass is 9.84. The van der Waals surface area contributed by atoms with Gasteiger partial charge in [0.1, 0.15) is 16.9 Å². The van der Waals surface area contributed by atoms with E-state index in [9.17, 15) is 19.2 Å². The molecule has 2 aliphatic heterocycles. The number of likely N-dealkylation sites (N-methyl/N-ethyl adjacent to an activating group) is 1. The molecule has 0 fully saturated rings. The first-order valence-electron chi connectivity index (χ1n) is 7.73. The van der Waals surface area contributed by atoms with Crippen molar-refractivity contribution in [3.8, 4) is 0 Å². The normalized spacial score (nSPS) is 21.1. The van der Waals surface area contributed by atoms with Gasteiger partial charge in [-0.25, -0.2) is 19.2 Å². The molecule has 10 nitrogen and oxygen atoms in total. The van der Waals surface area contributed by atoms with Crippen molar-refractivity contribution >= 4 is 23.9 Å². The second-order valence-electron chi connectivity index (χ2n) is 5.74. The lowest BCUT2D eigenvalue weighted by Gasteiger charge is -2.45. The molecule has 0 spiro atoms. The van der Waals surface area contributed by atoms with Crippen LogP contribution >= 0.6 is 0 Å². The summed E-state index contributed by atoms with van der Waals surface area (Å²) in [7, 11) is 6.06. The van der Waals surface area contributed by atoms with Crippen LogP contribution in [0.5, 0.6) is 0 Å². The SMILES string of the molecule is COC(=O)C1=C(C(=O)OC)N2C=CN(C)C2(C)C(C(=O)OC)=C1C(=O)OC. The minimum Gasteiger partial charge on any atom is -0.466 e. The summed E-state index contributed by atoms with van der Waals surface area (Å²) in [6.45, 7) is 1.58. The number of fused-ring (bicyclic) bond motifs is 1. The average molecular weight is 380 g/mol. The zero-order valence-electron chi connectivity index (χ0n) is 15.8. The van der Waals surface area contributed by atoms with Crippen molar-refractivity contribution in [2.45, 2.75) is 12.6 Å². The number of nitrogens with zero attached hydrogens (tertiary/aromatic N) is 2. The Labute approximate surface area is 155 Å². The number of carbonyl (C=O) groups is 4. The van der Waals surface area contributed by atoms with Crippen molar-refractivity contribution in [2.24, 2.45) is 0 Å². The summed E-state index contributed by atoms with van der Waals surface area (Å²) < 4.78 is 19.2. The minimum absolute atomic E-state index is 0.183. The van der Waals surface area contributed by atoms with Crippen LogP contribution in [0.4, 0.5) is 0 Å². The molecule has 0 saturated heterocycles. The maximum absolute atomic E-state index is 12.6. The Balaban J connectivity index is 3.04. The van der Waals surface area contributed by atoms with E-state index in [1.807, 2.05) is 0 Å². The van der Waals surface area contributed by atoms with Crippen LogP contribution in [0.1, 0.15) is 6.92 Å². The molecule has 146 valence electrons. The van der Waals surface area contributed by atoms with Crippen LogP contribution in [-0.2, 0) is 38.1 Å². The standard InChI is InChI=1S/C17H20N2O8/c1-17-11(15(22)26-5)9(13(20)24-3)10(14(21)25-4)12(16(23)27-6)19(17)8-7-18(17)2/h7-8H,1-6H3. The number of esters is 4. The van der Waals surface area contributed by atoms with Crippen LogP contribution in [0.15, 0.2) is 34.8 Å². The fourth-order valence-electron chi connectivity index (χ4n) is 3.12. The largest absolute Gasteiger partial charge is 0.466 e. The Bertz CT molecular complexity index is 810. The second-order valence-corrected chi connectivity index (χ2v) is 5.74. The molecule has 1 atom stereocenters. The fourth-order valence-corrected chi connectivity index (χ4v) is 3.12. The van der Waals surface area contributed by atoms with Gasteiger partial charge in [0.25, 0.3) is 0 Å². The summed E-state index contributed by atoms with van der Waals surface area (Å²) in [5.74, 6) is -3.78. The molecule has 10 heteroatoms. The topological polar surface area (TPSA) is 112 Å². The summed E-state index contributed by atoms with van der Waals surface area (Å²) in [5, 5.41) is 0. The van der Waals surface area contributed by atoms with E-state index in [1.54, 1.807) is 25.1 Å². The molecule has 2 heterocycles. The molecule has 0 aromatic rings. The van der Waals surface area contributed by atoms with Gasteiger partial charge in [0, 0.05) is 19.4 Å². The van der Waals surface area contributed by atoms with Crippen LogP contribution in [0, 0.1) is 0 Å². The first-order valence-corrected chi connectivity index (χ1v) is 7.73. The van der Waals surface area contributed by atoms with Gasteiger partial charge < -0.3 is 28.7 Å². The molecule has 0 saturated carbocycles. The van der Waals surface area contributed by atoms with Crippen LogP contribution in [0.25, 0.3) is 0 Å². The van der Waals surface area contributed by atoms with Crippen LogP contribution in [0.2, 0.25) is 0 Å². The maximum atomic E-state index is 12.6. The predicted octanol–water partition coefficient (Wildman–Crippen LogP) is -0.322. The predicted molar refractivity (Wildman–Crippen MR) is 89.3 cm³/mol. The third kappa shape index (κ3) is 2.73. The maximum Gasteiger partial charge on any atom is 0.355 e. The first kappa shape index (κ1) is 20.0. The Morgan fingerprint density at radius 1 is 0.778 bits per heavy atom. The van der Waals surface area contributed by atoms with Gasteiger partial charge in [0.2, 0.25) is 0 Å². The molecule has 0 radical (unpaired) electrons. The molecule has 2 rings (SSSR count). The van der Waals surface area contributed by atoms with Gasteiger partial charge in [0.15, 0.2) is 0 Å². The van der Waals surface area contributed by atoms with Crippen molar-refractivity contribution in [3.63, 3.8) is 0 Å². The monoisotopic (exact) mass is 380 g/mol. The highest BCUT2D eigenvalue weighted by atomic mass is 16.5. The van der Waals surface area contributed by atoms with Gasteiger partial charge in [-0.05, 0) is 6.92 Å². The second kappa shape index (κ2) is 7.14. The van der Waals surface area contributed by atoms with Gasteiger partial charge in [-0.3, -0.25) is 0 Å².